The Bertz CT molecular complexity index is 1480. The minimum Gasteiger partial charge on any atom is -0.422 e. The molecule has 204 valence electrons. The van der Waals surface area contributed by atoms with Crippen molar-refractivity contribution in [2.75, 3.05) is 37.6 Å². The number of carbonyl (C=O) groups excluding carboxylic acids is 3. The lowest BCUT2D eigenvalue weighted by Gasteiger charge is -2.37. The van der Waals surface area contributed by atoms with Crippen molar-refractivity contribution in [3.63, 3.8) is 0 Å². The summed E-state index contributed by atoms with van der Waals surface area (Å²) in [5.41, 5.74) is 1.45. The molecule has 0 atom stereocenters. The van der Waals surface area contributed by atoms with Gasteiger partial charge in [-0.3, -0.25) is 19.5 Å². The molecule has 39 heavy (non-hydrogen) atoms. The van der Waals surface area contributed by atoms with Crippen LogP contribution in [0.15, 0.2) is 46.0 Å². The van der Waals surface area contributed by atoms with Crippen LogP contribution in [0.3, 0.4) is 0 Å². The van der Waals surface area contributed by atoms with Crippen LogP contribution in [0.5, 0.6) is 0 Å². The van der Waals surface area contributed by atoms with Crippen LogP contribution >= 0.6 is 0 Å². The van der Waals surface area contributed by atoms with Crippen LogP contribution in [0, 0.1) is 6.92 Å². The highest BCUT2D eigenvalue weighted by Gasteiger charge is 2.52. The quantitative estimate of drug-likeness (QED) is 0.363. The first-order chi connectivity index (χ1) is 18.8. The lowest BCUT2D eigenvalue weighted by Crippen LogP contribution is -2.56. The molecule has 1 N–H and O–H groups in total. The number of urea groups is 1. The number of benzene rings is 1. The lowest BCUT2D eigenvalue weighted by molar-refractivity contribution is -0.132. The first kappa shape index (κ1) is 26.3. The molecule has 0 aliphatic carbocycles. The molecule has 2 aliphatic rings. The van der Waals surface area contributed by atoms with Crippen LogP contribution in [-0.2, 0) is 11.2 Å². The fourth-order valence-electron chi connectivity index (χ4n) is 5.56. The Morgan fingerprint density at radius 3 is 2.54 bits per heavy atom. The number of amides is 4. The van der Waals surface area contributed by atoms with Crippen molar-refractivity contribution >= 4 is 34.5 Å². The number of anilines is 1. The van der Waals surface area contributed by atoms with Crippen LogP contribution in [0.2, 0.25) is 0 Å². The predicted octanol–water partition coefficient (Wildman–Crippen LogP) is 2.51. The summed E-state index contributed by atoms with van der Waals surface area (Å²) in [5.74, 6) is -0.583. The van der Waals surface area contributed by atoms with Gasteiger partial charge in [0.25, 0.3) is 11.8 Å². The molecule has 11 heteroatoms. The minimum absolute atomic E-state index is 0.0588. The van der Waals surface area contributed by atoms with Crippen molar-refractivity contribution in [2.24, 2.45) is 0 Å². The van der Waals surface area contributed by atoms with E-state index in [0.717, 1.165) is 29.7 Å². The number of nitrogens with one attached hydrogen (secondary N) is 1. The number of imide groups is 1. The van der Waals surface area contributed by atoms with Crippen LogP contribution in [0.4, 0.5) is 10.5 Å². The third kappa shape index (κ3) is 4.73. The fourth-order valence-corrected chi connectivity index (χ4v) is 5.56. The first-order valence-corrected chi connectivity index (χ1v) is 13.3. The summed E-state index contributed by atoms with van der Waals surface area (Å²) < 4.78 is 5.67. The molecule has 3 aromatic rings. The van der Waals surface area contributed by atoms with Crippen molar-refractivity contribution in [3.05, 3.63) is 64.0 Å². The Morgan fingerprint density at radius 2 is 1.87 bits per heavy atom. The van der Waals surface area contributed by atoms with Gasteiger partial charge in [0.05, 0.1) is 6.20 Å². The van der Waals surface area contributed by atoms with Crippen molar-refractivity contribution in [1.29, 1.82) is 0 Å². The Balaban J connectivity index is 1.28. The van der Waals surface area contributed by atoms with Crippen LogP contribution in [0.25, 0.3) is 11.0 Å². The van der Waals surface area contributed by atoms with E-state index in [1.807, 2.05) is 25.1 Å². The maximum absolute atomic E-state index is 13.4. The van der Waals surface area contributed by atoms with Crippen molar-refractivity contribution < 1.29 is 18.8 Å². The first-order valence-electron chi connectivity index (χ1n) is 13.3. The summed E-state index contributed by atoms with van der Waals surface area (Å²) >= 11 is 0. The Hall–Kier alpha value is -4.28. The van der Waals surface area contributed by atoms with Gasteiger partial charge < -0.3 is 19.5 Å². The summed E-state index contributed by atoms with van der Waals surface area (Å²) in [7, 11) is 0. The second-order valence-electron chi connectivity index (χ2n) is 9.95. The Labute approximate surface area is 225 Å². The summed E-state index contributed by atoms with van der Waals surface area (Å²) in [6.45, 7) is 8.35. The molecule has 2 aliphatic heterocycles. The number of carbonyl (C=O) groups is 3. The standard InChI is InChI=1S/C28H32N6O5/c1-4-32(5-2)19-6-7-20-18(3)21(25(36)39-23(20)16-19)8-13-34-26(37)28(31-27(34)38)9-14-33(15-10-28)24(35)22-17-29-11-12-30-22/h6-7,11-12,16-17H,4-5,8-10,13-15H2,1-3H3,(H,31,38). The molecule has 0 saturated carbocycles. The summed E-state index contributed by atoms with van der Waals surface area (Å²) in [6.07, 6.45) is 5.15. The van der Waals surface area contributed by atoms with Crippen molar-refractivity contribution in [1.82, 2.24) is 25.1 Å². The van der Waals surface area contributed by atoms with Gasteiger partial charge >= 0.3 is 11.7 Å². The van der Waals surface area contributed by atoms with Crippen molar-refractivity contribution in [2.45, 2.75) is 45.6 Å². The predicted molar refractivity (Wildman–Crippen MR) is 145 cm³/mol. The van der Waals surface area contributed by atoms with Gasteiger partial charge in [-0.2, -0.15) is 0 Å². The zero-order valence-electron chi connectivity index (χ0n) is 22.4. The summed E-state index contributed by atoms with van der Waals surface area (Å²) in [6, 6.07) is 5.35. The Morgan fingerprint density at radius 1 is 1.13 bits per heavy atom. The number of rotatable bonds is 7. The van der Waals surface area contributed by atoms with Gasteiger partial charge in [0.2, 0.25) is 0 Å². The van der Waals surface area contributed by atoms with E-state index in [0.29, 0.717) is 37.1 Å². The molecule has 2 fully saturated rings. The molecule has 1 aromatic carbocycles. The minimum atomic E-state index is -1.06. The van der Waals surface area contributed by atoms with E-state index < -0.39 is 17.2 Å². The summed E-state index contributed by atoms with van der Waals surface area (Å²) in [4.78, 5) is 64.8. The van der Waals surface area contributed by atoms with E-state index in [2.05, 4.69) is 34.0 Å². The second kappa shape index (κ2) is 10.5. The van der Waals surface area contributed by atoms with Gasteiger partial charge in [0.15, 0.2) is 0 Å². The molecule has 4 heterocycles. The SMILES string of the molecule is CCN(CC)c1ccc2c(C)c(CCN3C(=O)NC4(CCN(C(=O)c5cnccn5)CC4)C3=O)c(=O)oc2c1. The molecule has 2 aromatic heterocycles. The number of piperidine rings is 1. The fraction of sp³-hybridized carbons (Fsp3) is 0.429. The molecular weight excluding hydrogens is 500 g/mol. The molecule has 11 nitrogen and oxygen atoms in total. The van der Waals surface area contributed by atoms with Gasteiger partial charge in [0.1, 0.15) is 16.8 Å². The zero-order valence-corrected chi connectivity index (χ0v) is 22.4. The topological polar surface area (TPSA) is 129 Å². The van der Waals surface area contributed by atoms with Gasteiger partial charge in [-0.05, 0) is 57.7 Å². The van der Waals surface area contributed by atoms with Gasteiger partial charge in [-0.1, -0.05) is 0 Å². The Kier molecular flexibility index (Phi) is 7.07. The number of hydrogen-bond donors (Lipinski definition) is 1. The smallest absolute Gasteiger partial charge is 0.339 e. The van der Waals surface area contributed by atoms with E-state index in [1.54, 1.807) is 4.90 Å². The molecule has 0 radical (unpaired) electrons. The third-order valence-electron chi connectivity index (χ3n) is 7.92. The maximum Gasteiger partial charge on any atom is 0.339 e. The zero-order chi connectivity index (χ0) is 27.7. The lowest BCUT2D eigenvalue weighted by atomic mass is 9.87. The monoisotopic (exact) mass is 532 g/mol. The average Bonchev–Trinajstić information content (AvgIpc) is 3.17. The molecular formula is C28H32N6O5. The molecule has 4 amide bonds. The number of hydrogen-bond acceptors (Lipinski definition) is 8. The van der Waals surface area contributed by atoms with E-state index in [1.165, 1.54) is 23.5 Å². The van der Waals surface area contributed by atoms with E-state index in [9.17, 15) is 19.2 Å². The highest BCUT2D eigenvalue weighted by Crippen LogP contribution is 2.31. The third-order valence-corrected chi connectivity index (χ3v) is 7.92. The number of nitrogens with zero attached hydrogens (tertiary/aromatic N) is 5. The normalized spacial score (nSPS) is 16.7. The number of likely N-dealkylation sites (tertiary alicyclic amines) is 1. The van der Waals surface area contributed by atoms with E-state index in [4.69, 9.17) is 4.42 Å². The van der Waals surface area contributed by atoms with Gasteiger partial charge in [-0.25, -0.2) is 14.6 Å². The molecule has 5 rings (SSSR count). The largest absolute Gasteiger partial charge is 0.422 e. The van der Waals surface area contributed by atoms with Gasteiger partial charge in [0, 0.05) is 67.8 Å². The highest BCUT2D eigenvalue weighted by atomic mass is 16.4. The molecule has 2 saturated heterocycles. The highest BCUT2D eigenvalue weighted by molar-refractivity contribution is 6.07. The summed E-state index contributed by atoms with van der Waals surface area (Å²) in [5, 5.41) is 3.68. The van der Waals surface area contributed by atoms with Crippen LogP contribution in [0.1, 0.15) is 48.3 Å². The second-order valence-corrected chi connectivity index (χ2v) is 9.95. The van der Waals surface area contributed by atoms with Crippen LogP contribution in [-0.4, -0.2) is 75.9 Å². The van der Waals surface area contributed by atoms with Gasteiger partial charge in [-0.15, -0.1) is 0 Å². The molecule has 0 bridgehead atoms. The number of aromatic nitrogens is 2. The molecule has 0 unspecified atom stereocenters. The molecule has 1 spiro atoms. The van der Waals surface area contributed by atoms with E-state index in [-0.39, 0.29) is 30.5 Å². The van der Waals surface area contributed by atoms with Crippen molar-refractivity contribution in [3.8, 4) is 0 Å². The maximum atomic E-state index is 13.4. The average molecular weight is 533 g/mol. The van der Waals surface area contributed by atoms with Crippen LogP contribution < -0.4 is 15.8 Å². The number of fused-ring (bicyclic) bond motifs is 1. The van der Waals surface area contributed by atoms with E-state index >= 15 is 0 Å². The number of aryl methyl sites for hydroxylation is 1.